The molecule has 0 saturated carbocycles. The van der Waals surface area contributed by atoms with Gasteiger partial charge in [0, 0.05) is 0 Å². The molecule has 0 fully saturated rings. The number of tetrazole rings is 1. The van der Waals surface area contributed by atoms with Gasteiger partial charge in [-0.1, -0.05) is 18.2 Å². The number of nitrogens with one attached hydrogen (secondary N) is 2. The second-order valence-electron chi connectivity index (χ2n) is 4.09. The third-order valence-corrected chi connectivity index (χ3v) is 4.25. The van der Waals surface area contributed by atoms with E-state index in [9.17, 15) is 13.5 Å². The third kappa shape index (κ3) is 3.18. The van der Waals surface area contributed by atoms with Gasteiger partial charge in [0.05, 0.1) is 18.0 Å². The van der Waals surface area contributed by atoms with Crippen molar-refractivity contribution in [3.05, 3.63) is 35.2 Å². The number of H-pyrrole nitrogens is 1. The summed E-state index contributed by atoms with van der Waals surface area (Å²) in [6.07, 6.45) is 0.729. The molecule has 0 radical (unpaired) electrons. The molecule has 2 rings (SSSR count). The maximum atomic E-state index is 12.1. The van der Waals surface area contributed by atoms with E-state index in [-0.39, 0.29) is 23.9 Å². The Bertz CT molecular complexity index is 669. The number of aliphatic hydroxyl groups excluding tert-OH is 1. The molecule has 108 valence electrons. The predicted molar refractivity (Wildman–Crippen MR) is 69.9 cm³/mol. The second-order valence-corrected chi connectivity index (χ2v) is 5.86. The zero-order chi connectivity index (χ0) is 14.6. The Kier molecular flexibility index (Phi) is 4.42. The van der Waals surface area contributed by atoms with Gasteiger partial charge in [-0.25, -0.2) is 13.1 Å². The summed E-state index contributed by atoms with van der Waals surface area (Å²) < 4.78 is 26.6. The Labute approximate surface area is 116 Å². The molecule has 9 heteroatoms. The van der Waals surface area contributed by atoms with E-state index in [0.29, 0.717) is 5.56 Å². The Morgan fingerprint density at radius 2 is 2.15 bits per heavy atom. The molecule has 20 heavy (non-hydrogen) atoms. The monoisotopic (exact) mass is 297 g/mol. The molecule has 0 spiro atoms. The zero-order valence-electron chi connectivity index (χ0n) is 10.9. The summed E-state index contributed by atoms with van der Waals surface area (Å²) in [6, 6.07) is 4.68. The number of rotatable bonds is 6. The van der Waals surface area contributed by atoms with E-state index in [1.165, 1.54) is 12.1 Å². The molecule has 2 aromatic rings. The van der Waals surface area contributed by atoms with Gasteiger partial charge in [0.2, 0.25) is 10.0 Å². The summed E-state index contributed by atoms with van der Waals surface area (Å²) in [5, 5.41) is 22.2. The van der Waals surface area contributed by atoms with Crippen LogP contribution in [0.5, 0.6) is 0 Å². The average Bonchev–Trinajstić information content (AvgIpc) is 2.97. The van der Waals surface area contributed by atoms with Gasteiger partial charge < -0.3 is 5.11 Å². The quantitative estimate of drug-likeness (QED) is 0.675. The summed E-state index contributed by atoms with van der Waals surface area (Å²) in [5.74, 6) is 0.251. The maximum absolute atomic E-state index is 12.1. The van der Waals surface area contributed by atoms with Crippen molar-refractivity contribution in [2.75, 3.05) is 0 Å². The van der Waals surface area contributed by atoms with Crippen molar-refractivity contribution in [3.8, 4) is 0 Å². The molecule has 0 aliphatic carbocycles. The van der Waals surface area contributed by atoms with Crippen LogP contribution in [-0.4, -0.2) is 34.1 Å². The van der Waals surface area contributed by atoms with Crippen molar-refractivity contribution in [1.82, 2.24) is 25.3 Å². The highest BCUT2D eigenvalue weighted by molar-refractivity contribution is 7.89. The minimum Gasteiger partial charge on any atom is -0.392 e. The second kappa shape index (κ2) is 6.07. The van der Waals surface area contributed by atoms with Crippen LogP contribution in [0.25, 0.3) is 0 Å². The molecule has 1 heterocycles. The van der Waals surface area contributed by atoms with E-state index >= 15 is 0 Å². The highest BCUT2D eigenvalue weighted by Crippen LogP contribution is 2.17. The van der Waals surface area contributed by atoms with Gasteiger partial charge >= 0.3 is 0 Å². The summed E-state index contributed by atoms with van der Waals surface area (Å²) >= 11 is 0. The first-order valence-electron chi connectivity index (χ1n) is 6.01. The summed E-state index contributed by atoms with van der Waals surface area (Å²) in [4.78, 5) is 0.0993. The summed E-state index contributed by atoms with van der Waals surface area (Å²) in [6.45, 7) is 1.69. The number of aliphatic hydroxyl groups is 1. The Hall–Kier alpha value is -1.84. The Morgan fingerprint density at radius 1 is 1.35 bits per heavy atom. The fourth-order valence-corrected chi connectivity index (χ4v) is 2.79. The van der Waals surface area contributed by atoms with E-state index < -0.39 is 10.0 Å². The van der Waals surface area contributed by atoms with Crippen molar-refractivity contribution < 1.29 is 13.5 Å². The van der Waals surface area contributed by atoms with Crippen molar-refractivity contribution in [3.63, 3.8) is 0 Å². The molecule has 0 saturated heterocycles. The molecule has 0 unspecified atom stereocenters. The Morgan fingerprint density at radius 3 is 2.75 bits per heavy atom. The maximum Gasteiger partial charge on any atom is 0.240 e. The number of hydrogen-bond acceptors (Lipinski definition) is 6. The summed E-state index contributed by atoms with van der Waals surface area (Å²) in [5.41, 5.74) is 1.53. The number of benzene rings is 1. The minimum atomic E-state index is -3.68. The lowest BCUT2D eigenvalue weighted by molar-refractivity contribution is 0.280. The van der Waals surface area contributed by atoms with E-state index in [0.717, 1.165) is 12.0 Å². The van der Waals surface area contributed by atoms with Crippen LogP contribution in [0.1, 0.15) is 23.9 Å². The highest BCUT2D eigenvalue weighted by atomic mass is 32.2. The molecular formula is C11H15N5O3S. The first-order chi connectivity index (χ1) is 9.56. The number of aromatic nitrogens is 4. The molecule has 0 atom stereocenters. The number of nitrogens with zero attached hydrogens (tertiary/aromatic N) is 3. The third-order valence-electron chi connectivity index (χ3n) is 2.85. The zero-order valence-corrected chi connectivity index (χ0v) is 11.7. The molecule has 0 aliphatic rings. The van der Waals surface area contributed by atoms with E-state index in [2.05, 4.69) is 25.3 Å². The highest BCUT2D eigenvalue weighted by Gasteiger charge is 2.16. The lowest BCUT2D eigenvalue weighted by atomic mass is 10.1. The fourth-order valence-electron chi connectivity index (χ4n) is 1.76. The van der Waals surface area contributed by atoms with Gasteiger partial charge in [-0.15, -0.1) is 10.2 Å². The van der Waals surface area contributed by atoms with Crippen molar-refractivity contribution >= 4 is 10.0 Å². The predicted octanol–water partition coefficient (Wildman–Crippen LogP) is -0.267. The molecular weight excluding hydrogens is 282 g/mol. The van der Waals surface area contributed by atoms with Crippen LogP contribution < -0.4 is 4.72 Å². The van der Waals surface area contributed by atoms with Gasteiger partial charge in [-0.05, 0) is 29.7 Å². The van der Waals surface area contributed by atoms with Crippen LogP contribution in [0.2, 0.25) is 0 Å². The topological polar surface area (TPSA) is 121 Å². The molecule has 0 amide bonds. The van der Waals surface area contributed by atoms with Gasteiger partial charge in [0.25, 0.3) is 0 Å². The van der Waals surface area contributed by atoms with Crippen molar-refractivity contribution in [1.29, 1.82) is 0 Å². The van der Waals surface area contributed by atoms with Crippen LogP contribution >= 0.6 is 0 Å². The first-order valence-corrected chi connectivity index (χ1v) is 7.49. The molecule has 8 nitrogen and oxygen atoms in total. The number of hydrogen-bond donors (Lipinski definition) is 3. The van der Waals surface area contributed by atoms with Crippen molar-refractivity contribution in [2.24, 2.45) is 0 Å². The van der Waals surface area contributed by atoms with Crippen LogP contribution in [-0.2, 0) is 29.6 Å². The molecule has 1 aromatic heterocycles. The van der Waals surface area contributed by atoms with E-state index in [1.807, 2.05) is 6.92 Å². The first kappa shape index (κ1) is 14.6. The lowest BCUT2D eigenvalue weighted by Gasteiger charge is -2.09. The largest absolute Gasteiger partial charge is 0.392 e. The van der Waals surface area contributed by atoms with Crippen molar-refractivity contribution in [2.45, 2.75) is 31.4 Å². The van der Waals surface area contributed by atoms with Gasteiger partial charge in [0.15, 0.2) is 5.82 Å². The van der Waals surface area contributed by atoms with Gasteiger partial charge in [0.1, 0.15) is 0 Å². The summed E-state index contributed by atoms with van der Waals surface area (Å²) in [7, 11) is -3.68. The van der Waals surface area contributed by atoms with Crippen LogP contribution in [0.15, 0.2) is 23.1 Å². The molecule has 0 aliphatic heterocycles. The smallest absolute Gasteiger partial charge is 0.240 e. The standard InChI is InChI=1S/C11H15N5O3S/c1-2-8-3-4-10(5-9(8)7-17)20(18,19)12-6-11-13-15-16-14-11/h3-5,12,17H,2,6-7H2,1H3,(H,13,14,15,16). The fraction of sp³-hybridized carbons (Fsp3) is 0.364. The van der Waals surface area contributed by atoms with Crippen LogP contribution in [0, 0.1) is 0 Å². The van der Waals surface area contributed by atoms with Crippen LogP contribution in [0.4, 0.5) is 0 Å². The normalized spacial score (nSPS) is 11.7. The number of aryl methyl sites for hydroxylation is 1. The van der Waals surface area contributed by atoms with E-state index in [4.69, 9.17) is 0 Å². The van der Waals surface area contributed by atoms with Crippen LogP contribution in [0.3, 0.4) is 0 Å². The molecule has 3 N–H and O–H groups in total. The lowest BCUT2D eigenvalue weighted by Crippen LogP contribution is -2.24. The molecule has 1 aromatic carbocycles. The Balaban J connectivity index is 2.20. The van der Waals surface area contributed by atoms with E-state index in [1.54, 1.807) is 6.07 Å². The average molecular weight is 297 g/mol. The van der Waals surface area contributed by atoms with Gasteiger partial charge in [-0.2, -0.15) is 5.21 Å². The SMILES string of the molecule is CCc1ccc(S(=O)(=O)NCc2nn[nH]n2)cc1CO. The number of aromatic amines is 1. The minimum absolute atomic E-state index is 0.0528. The molecule has 0 bridgehead atoms. The van der Waals surface area contributed by atoms with Gasteiger partial charge in [-0.3, -0.25) is 0 Å². The number of sulfonamides is 1.